The van der Waals surface area contributed by atoms with Crippen LogP contribution in [0.15, 0.2) is 23.1 Å². The van der Waals surface area contributed by atoms with Crippen LogP contribution in [0.4, 0.5) is 5.69 Å². The van der Waals surface area contributed by atoms with Crippen molar-refractivity contribution in [1.29, 1.82) is 0 Å². The maximum Gasteiger partial charge on any atom is 0.242 e. The monoisotopic (exact) mass is 302 g/mol. The van der Waals surface area contributed by atoms with Crippen molar-refractivity contribution in [2.24, 2.45) is 0 Å². The predicted molar refractivity (Wildman–Crippen MR) is 78.1 cm³/mol. The summed E-state index contributed by atoms with van der Waals surface area (Å²) in [4.78, 5) is 0.0636. The number of aliphatic hydroxyl groups is 1. The van der Waals surface area contributed by atoms with Gasteiger partial charge in [-0.15, -0.1) is 0 Å². The van der Waals surface area contributed by atoms with Crippen LogP contribution in [0.25, 0.3) is 0 Å². The fourth-order valence-corrected chi connectivity index (χ4v) is 2.96. The number of nitrogens with one attached hydrogen (secondary N) is 1. The molecule has 0 fully saturated rings. The molecule has 0 spiro atoms. The summed E-state index contributed by atoms with van der Waals surface area (Å²) in [5.74, 6) is 0.519. The number of unbranched alkanes of at least 4 members (excludes halogenated alkanes) is 3. The van der Waals surface area contributed by atoms with Crippen LogP contribution in [0.1, 0.15) is 25.7 Å². The SMILES string of the molecule is COc1ccc(S(=O)(=O)NCCCCCCO)c(N)c1. The Balaban J connectivity index is 2.56. The van der Waals surface area contributed by atoms with E-state index in [1.807, 2.05) is 0 Å². The Bertz CT molecular complexity index is 517. The molecule has 1 aromatic rings. The Hall–Kier alpha value is -1.31. The van der Waals surface area contributed by atoms with E-state index < -0.39 is 10.0 Å². The smallest absolute Gasteiger partial charge is 0.242 e. The van der Waals surface area contributed by atoms with Crippen LogP contribution in [-0.2, 0) is 10.0 Å². The minimum atomic E-state index is -3.59. The second-order valence-corrected chi connectivity index (χ2v) is 6.17. The van der Waals surface area contributed by atoms with E-state index in [2.05, 4.69) is 4.72 Å². The predicted octanol–water partition coefficient (Wildman–Crippen LogP) is 1.11. The van der Waals surface area contributed by atoms with Crippen molar-refractivity contribution in [1.82, 2.24) is 4.72 Å². The van der Waals surface area contributed by atoms with Crippen molar-refractivity contribution in [3.63, 3.8) is 0 Å². The first-order valence-corrected chi connectivity index (χ1v) is 8.03. The van der Waals surface area contributed by atoms with Gasteiger partial charge in [-0.3, -0.25) is 0 Å². The Morgan fingerprint density at radius 1 is 1.25 bits per heavy atom. The number of hydrogen-bond acceptors (Lipinski definition) is 5. The second kappa shape index (κ2) is 8.08. The van der Waals surface area contributed by atoms with E-state index in [1.165, 1.54) is 19.2 Å². The van der Waals surface area contributed by atoms with Gasteiger partial charge >= 0.3 is 0 Å². The molecule has 0 unspecified atom stereocenters. The highest BCUT2D eigenvalue weighted by molar-refractivity contribution is 7.89. The first-order valence-electron chi connectivity index (χ1n) is 6.55. The molecule has 1 rings (SSSR count). The number of anilines is 1. The standard InChI is InChI=1S/C13H22N2O4S/c1-19-11-6-7-13(12(14)10-11)20(17,18)15-8-4-2-3-5-9-16/h6-7,10,15-16H,2-5,8-9,14H2,1H3. The number of nitrogens with two attached hydrogens (primary N) is 1. The van der Waals surface area contributed by atoms with Crippen LogP contribution in [0.2, 0.25) is 0 Å². The first kappa shape index (κ1) is 16.7. The number of benzene rings is 1. The lowest BCUT2D eigenvalue weighted by molar-refractivity contribution is 0.282. The highest BCUT2D eigenvalue weighted by atomic mass is 32.2. The van der Waals surface area contributed by atoms with Gasteiger partial charge in [0.05, 0.1) is 12.8 Å². The molecule has 0 aliphatic heterocycles. The number of nitrogen functional groups attached to an aromatic ring is 1. The van der Waals surface area contributed by atoms with Gasteiger partial charge in [-0.25, -0.2) is 13.1 Å². The Morgan fingerprint density at radius 3 is 2.55 bits per heavy atom. The lowest BCUT2D eigenvalue weighted by atomic mass is 10.2. The molecule has 0 radical (unpaired) electrons. The van der Waals surface area contributed by atoms with E-state index >= 15 is 0 Å². The van der Waals surface area contributed by atoms with E-state index in [-0.39, 0.29) is 17.2 Å². The van der Waals surface area contributed by atoms with Gasteiger partial charge in [0.15, 0.2) is 0 Å². The van der Waals surface area contributed by atoms with Gasteiger partial charge in [-0.1, -0.05) is 12.8 Å². The largest absolute Gasteiger partial charge is 0.497 e. The zero-order valence-electron chi connectivity index (χ0n) is 11.6. The van der Waals surface area contributed by atoms with Crippen molar-refractivity contribution < 1.29 is 18.3 Å². The second-order valence-electron chi connectivity index (χ2n) is 4.44. The highest BCUT2D eigenvalue weighted by Gasteiger charge is 2.17. The summed E-state index contributed by atoms with van der Waals surface area (Å²) in [6.45, 7) is 0.535. The van der Waals surface area contributed by atoms with Gasteiger partial charge in [-0.05, 0) is 25.0 Å². The van der Waals surface area contributed by atoms with Crippen molar-refractivity contribution in [3.8, 4) is 5.75 Å². The summed E-state index contributed by atoms with van der Waals surface area (Å²) >= 11 is 0. The molecule has 0 heterocycles. The summed E-state index contributed by atoms with van der Waals surface area (Å²) in [7, 11) is -2.09. The maximum atomic E-state index is 12.1. The molecule has 0 aliphatic carbocycles. The van der Waals surface area contributed by atoms with Gasteiger partial charge in [0, 0.05) is 19.2 Å². The van der Waals surface area contributed by atoms with E-state index in [0.29, 0.717) is 12.3 Å². The van der Waals surface area contributed by atoms with Gasteiger partial charge in [-0.2, -0.15) is 0 Å². The zero-order chi connectivity index (χ0) is 15.0. The molecule has 4 N–H and O–H groups in total. The maximum absolute atomic E-state index is 12.1. The summed E-state index contributed by atoms with van der Waals surface area (Å²) in [5, 5.41) is 8.64. The van der Waals surface area contributed by atoms with E-state index in [4.69, 9.17) is 15.6 Å². The third kappa shape index (κ3) is 4.99. The molecule has 0 atom stereocenters. The van der Waals surface area contributed by atoms with Gasteiger partial charge in [0.1, 0.15) is 10.6 Å². The molecule has 0 saturated carbocycles. The van der Waals surface area contributed by atoms with Crippen LogP contribution >= 0.6 is 0 Å². The van der Waals surface area contributed by atoms with Gasteiger partial charge < -0.3 is 15.6 Å². The molecular formula is C13H22N2O4S. The summed E-state index contributed by atoms with van der Waals surface area (Å²) in [6.07, 6.45) is 3.25. The van der Waals surface area contributed by atoms with Gasteiger partial charge in [0.2, 0.25) is 10.0 Å². The molecule has 7 heteroatoms. The van der Waals surface area contributed by atoms with Crippen LogP contribution in [0, 0.1) is 0 Å². The minimum absolute atomic E-state index is 0.0636. The number of sulfonamides is 1. The number of rotatable bonds is 9. The highest BCUT2D eigenvalue weighted by Crippen LogP contribution is 2.23. The number of ether oxygens (including phenoxy) is 1. The molecule has 1 aromatic carbocycles. The van der Waals surface area contributed by atoms with E-state index in [0.717, 1.165) is 25.7 Å². The summed E-state index contributed by atoms with van der Waals surface area (Å²) in [5.41, 5.74) is 5.89. The van der Waals surface area contributed by atoms with Crippen LogP contribution in [0.5, 0.6) is 5.75 Å². The molecule has 6 nitrogen and oxygen atoms in total. The third-order valence-electron chi connectivity index (χ3n) is 2.88. The molecule has 0 saturated heterocycles. The van der Waals surface area contributed by atoms with Crippen molar-refractivity contribution in [2.45, 2.75) is 30.6 Å². The Morgan fingerprint density at radius 2 is 1.95 bits per heavy atom. The van der Waals surface area contributed by atoms with E-state index in [9.17, 15) is 8.42 Å². The van der Waals surface area contributed by atoms with Crippen molar-refractivity contribution in [2.75, 3.05) is 26.0 Å². The molecule has 0 aliphatic rings. The lowest BCUT2D eigenvalue weighted by Crippen LogP contribution is -2.25. The van der Waals surface area contributed by atoms with Gasteiger partial charge in [0.25, 0.3) is 0 Å². The van der Waals surface area contributed by atoms with Crippen LogP contribution in [0.3, 0.4) is 0 Å². The molecule has 20 heavy (non-hydrogen) atoms. The number of hydrogen-bond donors (Lipinski definition) is 3. The molecule has 114 valence electrons. The zero-order valence-corrected chi connectivity index (χ0v) is 12.4. The summed E-state index contributed by atoms with van der Waals surface area (Å²) in [6, 6.07) is 4.48. The molecular weight excluding hydrogens is 280 g/mol. The van der Waals surface area contributed by atoms with Crippen molar-refractivity contribution >= 4 is 15.7 Å². The minimum Gasteiger partial charge on any atom is -0.497 e. The average molecular weight is 302 g/mol. The lowest BCUT2D eigenvalue weighted by Gasteiger charge is -2.10. The summed E-state index contributed by atoms with van der Waals surface area (Å²) < 4.78 is 31.6. The Labute approximate surface area is 120 Å². The third-order valence-corrected chi connectivity index (χ3v) is 4.42. The first-order chi connectivity index (χ1) is 9.51. The molecule has 0 amide bonds. The van der Waals surface area contributed by atoms with Crippen LogP contribution in [-0.4, -0.2) is 33.8 Å². The fourth-order valence-electron chi connectivity index (χ4n) is 1.77. The Kier molecular flexibility index (Phi) is 6.77. The van der Waals surface area contributed by atoms with Crippen LogP contribution < -0.4 is 15.2 Å². The number of aliphatic hydroxyl groups excluding tert-OH is 1. The normalized spacial score (nSPS) is 11.5. The van der Waals surface area contributed by atoms with E-state index in [1.54, 1.807) is 6.07 Å². The average Bonchev–Trinajstić information content (AvgIpc) is 2.42. The molecule has 0 aromatic heterocycles. The fraction of sp³-hybridized carbons (Fsp3) is 0.538. The molecule has 0 bridgehead atoms. The quantitative estimate of drug-likeness (QED) is 0.468. The number of methoxy groups -OCH3 is 1. The van der Waals surface area contributed by atoms with Crippen molar-refractivity contribution in [3.05, 3.63) is 18.2 Å². The topological polar surface area (TPSA) is 102 Å².